The van der Waals surface area contributed by atoms with Gasteiger partial charge in [-0.2, -0.15) is 0 Å². The number of pyridine rings is 2. The van der Waals surface area contributed by atoms with Gasteiger partial charge in [0, 0.05) is 23.2 Å². The largest absolute Gasteiger partial charge is 2.00 e. The minimum Gasteiger partial charge on any atom is -0.506 e. The summed E-state index contributed by atoms with van der Waals surface area (Å²) >= 11 is 0. The Balaban J connectivity index is 0.000000301. The van der Waals surface area contributed by atoms with Crippen LogP contribution in [-0.2, 0) is 34.1 Å². The van der Waals surface area contributed by atoms with Crippen LogP contribution in [0, 0.1) is 0 Å². The summed E-state index contributed by atoms with van der Waals surface area (Å²) in [6.07, 6.45) is 1.23. The van der Waals surface area contributed by atoms with Crippen LogP contribution in [-0.4, -0.2) is 53.8 Å². The number of hydrogen-bond acceptors (Lipinski definition) is 8. The molecule has 32 heavy (non-hydrogen) atoms. The van der Waals surface area contributed by atoms with Crippen molar-refractivity contribution < 1.29 is 64.8 Å². The third kappa shape index (κ3) is 6.38. The van der Waals surface area contributed by atoms with Crippen LogP contribution in [0.4, 0.5) is 0 Å². The molecule has 6 N–H and O–H groups in total. The van der Waals surface area contributed by atoms with Gasteiger partial charge in [-0.25, -0.2) is 0 Å². The fraction of sp³-hybridized carbons (Fsp3) is 0.182. The summed E-state index contributed by atoms with van der Waals surface area (Å²) in [6, 6.07) is 13.3. The number of fused-ring (bicyclic) bond motifs is 2. The van der Waals surface area contributed by atoms with Gasteiger partial charge >= 0.3 is 34.1 Å². The molecule has 0 aliphatic carbocycles. The van der Waals surface area contributed by atoms with Gasteiger partial charge in [0.2, 0.25) is 0 Å². The maximum atomic E-state index is 9.64. The summed E-state index contributed by atoms with van der Waals surface area (Å²) in [6.45, 7) is -0.740. The summed E-state index contributed by atoms with van der Waals surface area (Å²) in [5, 5.41) is 57.2. The van der Waals surface area contributed by atoms with E-state index in [0.717, 1.165) is 10.8 Å². The van der Waals surface area contributed by atoms with E-state index >= 15 is 0 Å². The first kappa shape index (κ1) is 27.8. The first-order valence-electron chi connectivity index (χ1n) is 9.17. The SMILES string of the molecule is OCC(O)c1cc(O)c2ncccc2c1.OCC(O)c1cc(O)c2ncccc2c1.[Cu+2].[Cu+2]. The molecule has 8 nitrogen and oxygen atoms in total. The molecular weight excluding hydrogens is 515 g/mol. The topological polar surface area (TPSA) is 147 Å². The molecule has 2 heterocycles. The molecule has 4 rings (SSSR count). The van der Waals surface area contributed by atoms with E-state index in [1.807, 2.05) is 0 Å². The van der Waals surface area contributed by atoms with Crippen molar-refractivity contribution in [2.75, 3.05) is 13.2 Å². The van der Waals surface area contributed by atoms with Crippen molar-refractivity contribution >= 4 is 21.8 Å². The monoisotopic (exact) mass is 536 g/mol. The Morgan fingerprint density at radius 3 is 1.38 bits per heavy atom. The molecule has 0 bridgehead atoms. The van der Waals surface area contributed by atoms with Crippen molar-refractivity contribution in [2.24, 2.45) is 0 Å². The molecule has 2 radical (unpaired) electrons. The number of phenols is 2. The minimum absolute atomic E-state index is 0. The second kappa shape index (κ2) is 12.7. The van der Waals surface area contributed by atoms with Crippen molar-refractivity contribution in [3.8, 4) is 11.5 Å². The summed E-state index contributed by atoms with van der Waals surface area (Å²) in [4.78, 5) is 8.03. The first-order chi connectivity index (χ1) is 14.4. The van der Waals surface area contributed by atoms with Crippen molar-refractivity contribution in [3.05, 3.63) is 72.1 Å². The normalized spacial score (nSPS) is 12.1. The van der Waals surface area contributed by atoms with Gasteiger partial charge in [0.05, 0.1) is 13.2 Å². The van der Waals surface area contributed by atoms with E-state index in [1.165, 1.54) is 12.1 Å². The summed E-state index contributed by atoms with van der Waals surface area (Å²) in [7, 11) is 0. The van der Waals surface area contributed by atoms with Gasteiger partial charge in [0.1, 0.15) is 34.7 Å². The number of phenolic OH excluding ortho intramolecular Hbond substituents is 2. The van der Waals surface area contributed by atoms with Gasteiger partial charge in [-0.15, -0.1) is 0 Å². The Morgan fingerprint density at radius 1 is 0.656 bits per heavy atom. The van der Waals surface area contributed by atoms with E-state index in [-0.39, 0.29) is 58.9 Å². The Bertz CT molecular complexity index is 1070. The number of hydrogen-bond donors (Lipinski definition) is 6. The molecular formula is C22H22Cu2N2O6+4. The van der Waals surface area contributed by atoms with Crippen LogP contribution in [0.1, 0.15) is 23.3 Å². The quantitative estimate of drug-likeness (QED) is 0.217. The predicted molar refractivity (Wildman–Crippen MR) is 111 cm³/mol. The van der Waals surface area contributed by atoms with E-state index in [9.17, 15) is 20.4 Å². The molecule has 0 fully saturated rings. The molecule has 10 heteroatoms. The third-order valence-electron chi connectivity index (χ3n) is 4.53. The minimum atomic E-state index is -0.972. The summed E-state index contributed by atoms with van der Waals surface area (Å²) < 4.78 is 0. The molecule has 2 aromatic carbocycles. The summed E-state index contributed by atoms with van der Waals surface area (Å²) in [5.74, 6) is 0.0196. The Kier molecular flexibility index (Phi) is 11.0. The number of rotatable bonds is 4. The molecule has 0 aliphatic heterocycles. The van der Waals surface area contributed by atoms with E-state index in [0.29, 0.717) is 22.2 Å². The van der Waals surface area contributed by atoms with Crippen LogP contribution in [0.15, 0.2) is 60.9 Å². The number of benzene rings is 2. The Labute approximate surface area is 205 Å². The number of aliphatic hydroxyl groups excluding tert-OH is 4. The Hall–Kier alpha value is -2.26. The van der Waals surface area contributed by atoms with Crippen LogP contribution in [0.2, 0.25) is 0 Å². The van der Waals surface area contributed by atoms with E-state index in [1.54, 1.807) is 48.8 Å². The van der Waals surface area contributed by atoms with Crippen LogP contribution in [0.3, 0.4) is 0 Å². The molecule has 0 aliphatic rings. The zero-order valence-corrected chi connectivity index (χ0v) is 18.4. The van der Waals surface area contributed by atoms with Gasteiger partial charge in [-0.1, -0.05) is 12.1 Å². The van der Waals surface area contributed by atoms with E-state index in [2.05, 4.69) is 9.97 Å². The third-order valence-corrected chi connectivity index (χ3v) is 4.53. The van der Waals surface area contributed by atoms with Crippen molar-refractivity contribution in [3.63, 3.8) is 0 Å². The molecule has 0 amide bonds. The predicted octanol–water partition coefficient (Wildman–Crippen LogP) is 1.93. The second-order valence-electron chi connectivity index (χ2n) is 6.63. The van der Waals surface area contributed by atoms with Crippen LogP contribution >= 0.6 is 0 Å². The molecule has 0 saturated heterocycles. The average molecular weight is 538 g/mol. The van der Waals surface area contributed by atoms with Crippen LogP contribution in [0.25, 0.3) is 21.8 Å². The van der Waals surface area contributed by atoms with Crippen molar-refractivity contribution in [1.29, 1.82) is 0 Å². The maximum absolute atomic E-state index is 9.64. The molecule has 2 aromatic heterocycles. The second-order valence-corrected chi connectivity index (χ2v) is 6.63. The summed E-state index contributed by atoms with van der Waals surface area (Å²) in [5.41, 5.74) is 1.95. The molecule has 174 valence electrons. The van der Waals surface area contributed by atoms with Crippen LogP contribution < -0.4 is 0 Å². The zero-order valence-electron chi connectivity index (χ0n) is 16.5. The molecule has 2 unspecified atom stereocenters. The maximum Gasteiger partial charge on any atom is 2.00 e. The van der Waals surface area contributed by atoms with Gasteiger partial charge in [-0.3, -0.25) is 9.97 Å². The first-order valence-corrected chi connectivity index (χ1v) is 9.17. The van der Waals surface area contributed by atoms with Gasteiger partial charge in [-0.05, 0) is 47.5 Å². The number of aliphatic hydroxyl groups is 4. The van der Waals surface area contributed by atoms with Crippen molar-refractivity contribution in [1.82, 2.24) is 9.97 Å². The van der Waals surface area contributed by atoms with Gasteiger partial charge in [0.25, 0.3) is 0 Å². The van der Waals surface area contributed by atoms with E-state index in [4.69, 9.17) is 10.2 Å². The fourth-order valence-electron chi connectivity index (χ4n) is 2.99. The molecule has 0 spiro atoms. The van der Waals surface area contributed by atoms with Gasteiger partial charge in [0.15, 0.2) is 0 Å². The average Bonchev–Trinajstić information content (AvgIpc) is 2.78. The molecule has 0 saturated carbocycles. The van der Waals surface area contributed by atoms with Crippen molar-refractivity contribution in [2.45, 2.75) is 12.2 Å². The molecule has 2 atom stereocenters. The van der Waals surface area contributed by atoms with Crippen LogP contribution in [0.5, 0.6) is 11.5 Å². The van der Waals surface area contributed by atoms with Gasteiger partial charge < -0.3 is 30.6 Å². The number of aromatic nitrogens is 2. The fourth-order valence-corrected chi connectivity index (χ4v) is 2.99. The number of nitrogens with zero attached hydrogens (tertiary/aromatic N) is 2. The number of aromatic hydroxyl groups is 2. The smallest absolute Gasteiger partial charge is 0.506 e. The Morgan fingerprint density at radius 2 is 1.03 bits per heavy atom. The molecule has 4 aromatic rings. The standard InChI is InChI=1S/2C11H11NO3.2Cu/c2*13-6-10(15)8-4-7-2-1-3-12-11(7)9(14)5-8;;/h2*1-5,10,13-15H,6H2;;/q;;2*+2. The van der Waals surface area contributed by atoms with E-state index < -0.39 is 12.2 Å². The zero-order chi connectivity index (χ0) is 21.7.